The number of carboxylic acid groups (broad SMARTS) is 1. The Hall–Kier alpha value is -1.93. The minimum atomic E-state index is -3.89. The predicted octanol–water partition coefficient (Wildman–Crippen LogP) is 0.854. The zero-order chi connectivity index (χ0) is 16.8. The van der Waals surface area contributed by atoms with Crippen LogP contribution in [0.2, 0.25) is 0 Å². The van der Waals surface area contributed by atoms with Gasteiger partial charge in [0.25, 0.3) is 0 Å². The number of amides is 1. The number of hydrogen-bond acceptors (Lipinski definition) is 4. The first kappa shape index (κ1) is 18.1. The molecule has 7 nitrogen and oxygen atoms in total. The molecule has 0 bridgehead atoms. The molecular weight excluding hydrogens is 308 g/mol. The van der Waals surface area contributed by atoms with E-state index >= 15 is 0 Å². The average Bonchev–Trinajstić information content (AvgIpc) is 2.44. The number of hydrogen-bond donors (Lipinski definition) is 3. The molecule has 1 atom stereocenters. The van der Waals surface area contributed by atoms with Crippen LogP contribution in [0, 0.1) is 0 Å². The van der Waals surface area contributed by atoms with Crippen molar-refractivity contribution in [1.82, 2.24) is 10.0 Å². The van der Waals surface area contributed by atoms with Gasteiger partial charge in [-0.15, -0.1) is 0 Å². The maximum Gasteiger partial charge on any atom is 0.321 e. The summed E-state index contributed by atoms with van der Waals surface area (Å²) in [5, 5.41) is 11.6. The lowest BCUT2D eigenvalue weighted by atomic mass is 10.2. The van der Waals surface area contributed by atoms with Crippen LogP contribution in [-0.4, -0.2) is 31.4 Å². The summed E-state index contributed by atoms with van der Waals surface area (Å²) in [4.78, 5) is 21.8. The lowest BCUT2D eigenvalue weighted by molar-refractivity contribution is -0.139. The van der Waals surface area contributed by atoms with Crippen LogP contribution in [0.25, 0.3) is 0 Å². The van der Waals surface area contributed by atoms with E-state index < -0.39 is 22.0 Å². The Morgan fingerprint density at radius 2 is 1.82 bits per heavy atom. The van der Waals surface area contributed by atoms with Crippen molar-refractivity contribution in [3.8, 4) is 0 Å². The van der Waals surface area contributed by atoms with Crippen LogP contribution in [0.1, 0.15) is 32.3 Å². The number of carboxylic acids is 1. The van der Waals surface area contributed by atoms with Gasteiger partial charge in [0.05, 0.1) is 4.90 Å². The maximum atomic E-state index is 12.2. The first-order valence-corrected chi connectivity index (χ1v) is 8.33. The zero-order valence-corrected chi connectivity index (χ0v) is 13.3. The Kier molecular flexibility index (Phi) is 6.51. The highest BCUT2D eigenvalue weighted by Gasteiger charge is 2.24. The van der Waals surface area contributed by atoms with Crippen molar-refractivity contribution in [3.63, 3.8) is 0 Å². The molecule has 0 saturated carbocycles. The number of sulfonamides is 1. The van der Waals surface area contributed by atoms with Gasteiger partial charge < -0.3 is 10.4 Å². The van der Waals surface area contributed by atoms with E-state index in [1.54, 1.807) is 19.1 Å². The number of carbonyl (C=O) groups is 2. The standard InChI is InChI=1S/C14H20N2O5S/c1-3-4-13(14(18)19)16-22(20,21)12-7-5-11(6-8-12)9-15-10(2)17/h5-8,13,16H,3-4,9H2,1-2H3,(H,15,17)(H,18,19). The molecule has 22 heavy (non-hydrogen) atoms. The van der Waals surface area contributed by atoms with Crippen LogP contribution in [0.3, 0.4) is 0 Å². The van der Waals surface area contributed by atoms with Gasteiger partial charge in [-0.05, 0) is 24.1 Å². The van der Waals surface area contributed by atoms with Crippen LogP contribution in [0.5, 0.6) is 0 Å². The summed E-state index contributed by atoms with van der Waals surface area (Å²) < 4.78 is 26.5. The summed E-state index contributed by atoms with van der Waals surface area (Å²) >= 11 is 0. The summed E-state index contributed by atoms with van der Waals surface area (Å²) in [6, 6.07) is 4.75. The number of carbonyl (C=O) groups excluding carboxylic acids is 1. The second kappa shape index (κ2) is 7.90. The van der Waals surface area contributed by atoms with Gasteiger partial charge in [-0.3, -0.25) is 9.59 Å². The Balaban J connectivity index is 2.84. The Bertz CT molecular complexity index is 625. The molecule has 8 heteroatoms. The first-order chi connectivity index (χ1) is 10.3. The molecule has 0 saturated heterocycles. The minimum Gasteiger partial charge on any atom is -0.480 e. The summed E-state index contributed by atoms with van der Waals surface area (Å²) in [7, 11) is -3.89. The van der Waals surface area contributed by atoms with Crippen LogP contribution >= 0.6 is 0 Å². The molecule has 1 aromatic rings. The van der Waals surface area contributed by atoms with Gasteiger partial charge in [-0.1, -0.05) is 25.5 Å². The van der Waals surface area contributed by atoms with Gasteiger partial charge in [0.2, 0.25) is 15.9 Å². The molecule has 0 radical (unpaired) electrons. The number of nitrogens with one attached hydrogen (secondary N) is 2. The Morgan fingerprint density at radius 1 is 1.23 bits per heavy atom. The molecule has 1 aromatic carbocycles. The highest BCUT2D eigenvalue weighted by molar-refractivity contribution is 7.89. The Morgan fingerprint density at radius 3 is 2.27 bits per heavy atom. The normalized spacial score (nSPS) is 12.6. The number of benzene rings is 1. The zero-order valence-electron chi connectivity index (χ0n) is 12.5. The first-order valence-electron chi connectivity index (χ1n) is 6.84. The van der Waals surface area contributed by atoms with Gasteiger partial charge in [0.1, 0.15) is 6.04 Å². The summed E-state index contributed by atoms with van der Waals surface area (Å²) in [5.74, 6) is -1.38. The molecule has 0 aliphatic heterocycles. The highest BCUT2D eigenvalue weighted by Crippen LogP contribution is 2.12. The van der Waals surface area contributed by atoms with E-state index in [-0.39, 0.29) is 17.2 Å². The van der Waals surface area contributed by atoms with Crippen LogP contribution in [0.15, 0.2) is 29.2 Å². The van der Waals surface area contributed by atoms with Crippen molar-refractivity contribution in [1.29, 1.82) is 0 Å². The van der Waals surface area contributed by atoms with Crippen molar-refractivity contribution in [2.24, 2.45) is 0 Å². The topological polar surface area (TPSA) is 113 Å². The van der Waals surface area contributed by atoms with Gasteiger partial charge in [-0.2, -0.15) is 4.72 Å². The third kappa shape index (κ3) is 5.45. The van der Waals surface area contributed by atoms with E-state index in [4.69, 9.17) is 5.11 Å². The van der Waals surface area contributed by atoms with E-state index in [1.807, 2.05) is 0 Å². The molecule has 1 unspecified atom stereocenters. The fourth-order valence-electron chi connectivity index (χ4n) is 1.79. The third-order valence-corrected chi connectivity index (χ3v) is 4.44. The van der Waals surface area contributed by atoms with Crippen LogP contribution in [0.4, 0.5) is 0 Å². The van der Waals surface area contributed by atoms with Crippen LogP contribution < -0.4 is 10.0 Å². The molecule has 0 aliphatic carbocycles. The lowest BCUT2D eigenvalue weighted by Gasteiger charge is -2.14. The molecule has 3 N–H and O–H groups in total. The molecular formula is C14H20N2O5S. The van der Waals surface area contributed by atoms with Crippen molar-refractivity contribution >= 4 is 21.9 Å². The van der Waals surface area contributed by atoms with Crippen LogP contribution in [-0.2, 0) is 26.2 Å². The fourth-order valence-corrected chi connectivity index (χ4v) is 3.01. The smallest absolute Gasteiger partial charge is 0.321 e. The Labute approximate surface area is 129 Å². The SMILES string of the molecule is CCCC(NS(=O)(=O)c1ccc(CNC(C)=O)cc1)C(=O)O. The average molecular weight is 328 g/mol. The van der Waals surface area contributed by atoms with Crippen molar-refractivity contribution < 1.29 is 23.1 Å². The number of aliphatic carboxylic acids is 1. The predicted molar refractivity (Wildman–Crippen MR) is 80.6 cm³/mol. The molecule has 0 aliphatic rings. The summed E-state index contributed by atoms with van der Waals surface area (Å²) in [6.07, 6.45) is 0.768. The van der Waals surface area contributed by atoms with Crippen molar-refractivity contribution in [2.45, 2.75) is 44.2 Å². The maximum absolute atomic E-state index is 12.2. The second-order valence-electron chi connectivity index (χ2n) is 4.85. The quantitative estimate of drug-likeness (QED) is 0.655. The van der Waals surface area contributed by atoms with Gasteiger partial charge in [-0.25, -0.2) is 8.42 Å². The minimum absolute atomic E-state index is 0.0126. The molecule has 0 heterocycles. The third-order valence-electron chi connectivity index (χ3n) is 2.95. The van der Waals surface area contributed by atoms with Crippen molar-refractivity contribution in [3.05, 3.63) is 29.8 Å². The molecule has 1 rings (SSSR count). The van der Waals surface area contributed by atoms with E-state index in [9.17, 15) is 18.0 Å². The summed E-state index contributed by atoms with van der Waals surface area (Å²) in [6.45, 7) is 3.47. The molecule has 0 spiro atoms. The van der Waals surface area contributed by atoms with Gasteiger partial charge >= 0.3 is 5.97 Å². The highest BCUT2D eigenvalue weighted by atomic mass is 32.2. The summed E-state index contributed by atoms with van der Waals surface area (Å²) in [5.41, 5.74) is 0.748. The fraction of sp³-hybridized carbons (Fsp3) is 0.429. The largest absolute Gasteiger partial charge is 0.480 e. The van der Waals surface area contributed by atoms with E-state index in [1.165, 1.54) is 19.1 Å². The molecule has 0 aromatic heterocycles. The second-order valence-corrected chi connectivity index (χ2v) is 6.57. The molecule has 1 amide bonds. The number of rotatable bonds is 8. The lowest BCUT2D eigenvalue weighted by Crippen LogP contribution is -2.40. The van der Waals surface area contributed by atoms with E-state index in [2.05, 4.69) is 10.0 Å². The monoisotopic (exact) mass is 328 g/mol. The molecule has 0 fully saturated rings. The van der Waals surface area contributed by atoms with E-state index in [0.29, 0.717) is 13.0 Å². The van der Waals surface area contributed by atoms with Gasteiger partial charge in [0, 0.05) is 13.5 Å². The van der Waals surface area contributed by atoms with E-state index in [0.717, 1.165) is 5.56 Å². The van der Waals surface area contributed by atoms with Gasteiger partial charge in [0.15, 0.2) is 0 Å². The van der Waals surface area contributed by atoms with Crippen molar-refractivity contribution in [2.75, 3.05) is 0 Å². The molecule has 122 valence electrons.